The molecule has 0 fully saturated rings. The Kier molecular flexibility index (Phi) is 13.0. The molecule has 3 nitrogen and oxygen atoms in total. The van der Waals surface area contributed by atoms with Crippen molar-refractivity contribution in [2.45, 2.75) is 65.5 Å². The van der Waals surface area contributed by atoms with Crippen LogP contribution in [0.4, 0.5) is 0 Å². The molecule has 0 radical (unpaired) electrons. The number of hydrogen-bond donors (Lipinski definition) is 2. The predicted molar refractivity (Wildman–Crippen MR) is 135 cm³/mol. The van der Waals surface area contributed by atoms with Crippen molar-refractivity contribution in [1.29, 1.82) is 0 Å². The van der Waals surface area contributed by atoms with Gasteiger partial charge in [-0.15, -0.1) is 13.1 Å². The standard InChI is InChI=1S/C24H36N3.2BrH.Co/c1-15(2)19-11-8-12-20(16(3)4)24(19)22(26)14-27-13-21(25)23-17(5)9-7-10-18(23)6;;;/h7-12,15-16,21-22H,13-14,25-26H2,1-6H3;2*1H;/q-1;;;+3/p-2. The van der Waals surface area contributed by atoms with E-state index < -0.39 is 0 Å². The molecule has 170 valence electrons. The van der Waals surface area contributed by atoms with Crippen molar-refractivity contribution in [2.75, 3.05) is 13.1 Å². The molecule has 2 rings (SSSR count). The molecule has 2 aromatic rings. The van der Waals surface area contributed by atoms with E-state index in [1.807, 2.05) is 0 Å². The van der Waals surface area contributed by atoms with Crippen LogP contribution in [0.3, 0.4) is 0 Å². The number of benzene rings is 2. The number of aryl methyl sites for hydroxylation is 2. The molecule has 0 bridgehead atoms. The number of nitrogens with two attached hydrogens (primary N) is 2. The van der Waals surface area contributed by atoms with Crippen molar-refractivity contribution in [3.05, 3.63) is 75.1 Å². The zero-order valence-corrected chi connectivity index (χ0v) is 23.1. The summed E-state index contributed by atoms with van der Waals surface area (Å²) in [7, 11) is 0. The van der Waals surface area contributed by atoms with Crippen LogP contribution in [0.15, 0.2) is 36.4 Å². The Hall–Kier alpha value is -0.214. The Morgan fingerprint density at radius 1 is 0.767 bits per heavy atom. The van der Waals surface area contributed by atoms with Gasteiger partial charge in [-0.05, 0) is 59.1 Å². The summed E-state index contributed by atoms with van der Waals surface area (Å²) >= 11 is 7.12. The Morgan fingerprint density at radius 3 is 1.53 bits per heavy atom. The molecule has 0 amide bonds. The molecule has 0 aromatic heterocycles. The van der Waals surface area contributed by atoms with E-state index in [2.05, 4.69) is 106 Å². The zero-order chi connectivity index (χ0) is 22.8. The number of rotatable bonds is 8. The van der Waals surface area contributed by atoms with Gasteiger partial charge in [-0.3, -0.25) is 0 Å². The van der Waals surface area contributed by atoms with Gasteiger partial charge in [0.05, 0.1) is 0 Å². The van der Waals surface area contributed by atoms with Crippen LogP contribution >= 0.6 is 28.3 Å². The van der Waals surface area contributed by atoms with Crippen LogP contribution in [0, 0.1) is 13.8 Å². The van der Waals surface area contributed by atoms with E-state index in [-0.39, 0.29) is 12.1 Å². The molecule has 0 aliphatic heterocycles. The van der Waals surface area contributed by atoms with Crippen LogP contribution in [0.2, 0.25) is 0 Å². The van der Waals surface area contributed by atoms with Crippen molar-refractivity contribution in [3.63, 3.8) is 0 Å². The normalized spacial score (nSPS) is 13.3. The second kappa shape index (κ2) is 14.0. The van der Waals surface area contributed by atoms with Crippen LogP contribution in [0.5, 0.6) is 0 Å². The molecule has 6 heteroatoms. The van der Waals surface area contributed by atoms with E-state index in [9.17, 15) is 0 Å². The monoisotopic (exact) mass is 583 g/mol. The van der Waals surface area contributed by atoms with E-state index in [0.29, 0.717) is 24.9 Å². The Bertz CT molecular complexity index is 735. The molecule has 0 saturated heterocycles. The molecule has 0 spiro atoms. The molecule has 30 heavy (non-hydrogen) atoms. The van der Waals surface area contributed by atoms with Gasteiger partial charge in [0.25, 0.3) is 0 Å². The van der Waals surface area contributed by atoms with E-state index in [1.54, 1.807) is 0 Å². The molecule has 2 aromatic carbocycles. The van der Waals surface area contributed by atoms with Crippen molar-refractivity contribution in [2.24, 2.45) is 11.5 Å². The van der Waals surface area contributed by atoms with E-state index in [0.717, 1.165) is 11.1 Å². The van der Waals surface area contributed by atoms with E-state index in [1.165, 1.54) is 33.4 Å². The average molecular weight is 585 g/mol. The first-order valence-corrected chi connectivity index (χ1v) is 15.5. The SMILES string of the molecule is Cc1cccc(C)c1C(N)C[N-]CC(N)c1c(C(C)C)cccc1C(C)C.[Br][Co+][Br]. The summed E-state index contributed by atoms with van der Waals surface area (Å²) < 4.78 is 0. The Morgan fingerprint density at radius 2 is 1.13 bits per heavy atom. The topological polar surface area (TPSA) is 66.1 Å². The maximum absolute atomic E-state index is 6.62. The van der Waals surface area contributed by atoms with Crippen molar-refractivity contribution >= 4 is 28.3 Å². The molecule has 0 saturated carbocycles. The van der Waals surface area contributed by atoms with Crippen LogP contribution in [0.1, 0.15) is 85.0 Å². The molecular weight excluding hydrogens is 549 g/mol. The number of halogens is 2. The first-order chi connectivity index (χ1) is 14.1. The van der Waals surface area contributed by atoms with Gasteiger partial charge in [-0.1, -0.05) is 64.1 Å². The second-order valence-electron chi connectivity index (χ2n) is 8.31. The number of nitrogens with zero attached hydrogens (tertiary/aromatic N) is 1. The first kappa shape index (κ1) is 27.8. The molecule has 4 N–H and O–H groups in total. The van der Waals surface area contributed by atoms with E-state index >= 15 is 0 Å². The summed E-state index contributed by atoms with van der Waals surface area (Å²) in [5.41, 5.74) is 20.7. The summed E-state index contributed by atoms with van der Waals surface area (Å²) in [5, 5.41) is 4.76. The average Bonchev–Trinajstić information content (AvgIpc) is 2.67. The summed E-state index contributed by atoms with van der Waals surface area (Å²) in [4.78, 5) is 0. The van der Waals surface area contributed by atoms with Gasteiger partial charge in [0.2, 0.25) is 0 Å². The Balaban J connectivity index is 0.00000141. The minimum absolute atomic E-state index is 0.0803. The third-order valence-electron chi connectivity index (χ3n) is 5.35. The summed E-state index contributed by atoms with van der Waals surface area (Å²) in [5.74, 6) is 0.892. The molecule has 0 aliphatic rings. The fraction of sp³-hybridized carbons (Fsp3) is 0.500. The van der Waals surface area contributed by atoms with Crippen LogP contribution in [-0.2, 0) is 11.1 Å². The third kappa shape index (κ3) is 8.04. The van der Waals surface area contributed by atoms with Crippen molar-refractivity contribution in [3.8, 4) is 0 Å². The summed E-state index contributed by atoms with van der Waals surface area (Å²) in [6.07, 6.45) is 0. The first-order valence-electron chi connectivity index (χ1n) is 10.3. The molecule has 0 aliphatic carbocycles. The fourth-order valence-corrected chi connectivity index (χ4v) is 3.98. The third-order valence-corrected chi connectivity index (χ3v) is 5.35. The molecule has 2 atom stereocenters. The fourth-order valence-electron chi connectivity index (χ4n) is 3.98. The van der Waals surface area contributed by atoms with Gasteiger partial charge in [-0.2, -0.15) is 0 Å². The van der Waals surface area contributed by atoms with Gasteiger partial charge in [0, 0.05) is 12.1 Å². The van der Waals surface area contributed by atoms with Gasteiger partial charge < -0.3 is 16.8 Å². The van der Waals surface area contributed by atoms with Gasteiger partial charge in [0.1, 0.15) is 0 Å². The van der Waals surface area contributed by atoms with Crippen molar-refractivity contribution < 1.29 is 11.1 Å². The quantitative estimate of drug-likeness (QED) is 0.341. The second-order valence-corrected chi connectivity index (χ2v) is 13.6. The van der Waals surface area contributed by atoms with Crippen LogP contribution in [-0.4, -0.2) is 13.1 Å². The van der Waals surface area contributed by atoms with E-state index in [4.69, 9.17) is 16.8 Å². The molecule has 0 heterocycles. The van der Waals surface area contributed by atoms with Gasteiger partial charge in [-0.25, -0.2) is 0 Å². The number of hydrogen-bond acceptors (Lipinski definition) is 2. The van der Waals surface area contributed by atoms with Crippen LogP contribution in [0.25, 0.3) is 5.32 Å². The molecule has 2 unspecified atom stereocenters. The predicted octanol–water partition coefficient (Wildman–Crippen LogP) is 7.31. The zero-order valence-electron chi connectivity index (χ0n) is 18.9. The van der Waals surface area contributed by atoms with Crippen molar-refractivity contribution in [1.82, 2.24) is 0 Å². The summed E-state index contributed by atoms with van der Waals surface area (Å²) in [6.45, 7) is 14.3. The minimum atomic E-state index is -0.0915. The van der Waals surface area contributed by atoms with Crippen LogP contribution < -0.4 is 11.5 Å². The van der Waals surface area contributed by atoms with Gasteiger partial charge >= 0.3 is 39.5 Å². The summed E-state index contributed by atoms with van der Waals surface area (Å²) in [6, 6.07) is 12.7. The maximum atomic E-state index is 6.62. The Labute approximate surface area is 203 Å². The van der Waals surface area contributed by atoms with Gasteiger partial charge in [0.15, 0.2) is 0 Å². The molecular formula is C24H36Br2CoN3.